The zero-order chi connectivity index (χ0) is 31.1. The molecule has 13 heteroatoms. The Hall–Kier alpha value is -3.09. The van der Waals surface area contributed by atoms with Gasteiger partial charge in [0, 0.05) is 44.0 Å². The molecule has 1 fully saturated rings. The summed E-state index contributed by atoms with van der Waals surface area (Å²) in [6.07, 6.45) is 8.08. The number of morpholine rings is 1. The lowest BCUT2D eigenvalue weighted by atomic mass is 9.87. The number of nitrogens with one attached hydrogen (secondary N) is 1. The normalized spacial score (nSPS) is 18.0. The van der Waals surface area contributed by atoms with Crippen molar-refractivity contribution >= 4 is 56.4 Å². The van der Waals surface area contributed by atoms with Crippen LogP contribution in [0.5, 0.6) is 0 Å². The van der Waals surface area contributed by atoms with Crippen LogP contribution < -0.4 is 15.4 Å². The van der Waals surface area contributed by atoms with E-state index in [1.807, 2.05) is 24.3 Å². The Bertz CT molecular complexity index is 1490. The summed E-state index contributed by atoms with van der Waals surface area (Å²) in [5.41, 5.74) is 8.58. The number of nitrogens with zero attached hydrogens (tertiary/aromatic N) is 3. The number of hydrogen-bond donors (Lipinski definition) is 2. The van der Waals surface area contributed by atoms with Gasteiger partial charge in [-0.05, 0) is 47.9 Å². The number of sulfonamides is 1. The summed E-state index contributed by atoms with van der Waals surface area (Å²) in [5, 5.41) is 0.676. The fourth-order valence-electron chi connectivity index (χ4n) is 5.21. The average Bonchev–Trinajstić information content (AvgIpc) is 2.96. The molecule has 1 aliphatic carbocycles. The smallest absolute Gasteiger partial charge is 0.242 e. The van der Waals surface area contributed by atoms with Crippen LogP contribution in [0.1, 0.15) is 17.9 Å². The van der Waals surface area contributed by atoms with Crippen LogP contribution in [0.3, 0.4) is 0 Å². The molecule has 232 valence electrons. The van der Waals surface area contributed by atoms with Gasteiger partial charge in [-0.15, -0.1) is 0 Å². The third-order valence-corrected chi connectivity index (χ3v) is 8.81. The van der Waals surface area contributed by atoms with E-state index in [0.717, 1.165) is 30.5 Å². The van der Waals surface area contributed by atoms with E-state index < -0.39 is 15.9 Å². The number of primary amides is 1. The van der Waals surface area contributed by atoms with Crippen molar-refractivity contribution in [1.29, 1.82) is 0 Å². The Morgan fingerprint density at radius 2 is 1.86 bits per heavy atom. The van der Waals surface area contributed by atoms with Gasteiger partial charge in [-0.3, -0.25) is 19.2 Å². The molecule has 2 aromatic carbocycles. The Kier molecular flexibility index (Phi) is 11.1. The Morgan fingerprint density at radius 1 is 1.12 bits per heavy atom. The van der Waals surface area contributed by atoms with Crippen molar-refractivity contribution in [3.05, 3.63) is 81.9 Å². The van der Waals surface area contributed by atoms with Crippen LogP contribution in [-0.2, 0) is 24.3 Å². The minimum atomic E-state index is -3.39. The van der Waals surface area contributed by atoms with Gasteiger partial charge in [0.15, 0.2) is 0 Å². The van der Waals surface area contributed by atoms with Crippen molar-refractivity contribution in [2.24, 2.45) is 5.73 Å². The Morgan fingerprint density at radius 3 is 2.49 bits per heavy atom. The molecular formula is C30H37Cl2N5O5S. The molecule has 3 N–H and O–H groups in total. The summed E-state index contributed by atoms with van der Waals surface area (Å²) >= 11 is 12.3. The maximum Gasteiger partial charge on any atom is 0.242 e. The number of hydrogen-bond acceptors (Lipinski definition) is 7. The van der Waals surface area contributed by atoms with Gasteiger partial charge >= 0.3 is 0 Å². The number of halogens is 2. The quantitative estimate of drug-likeness (QED) is 0.361. The van der Waals surface area contributed by atoms with E-state index in [9.17, 15) is 18.0 Å². The topological polar surface area (TPSA) is 125 Å². The fourth-order valence-corrected chi connectivity index (χ4v) is 6.06. The molecule has 2 amide bonds. The molecule has 0 saturated carbocycles. The van der Waals surface area contributed by atoms with Crippen molar-refractivity contribution in [2.75, 3.05) is 68.9 Å². The Labute approximate surface area is 263 Å². The summed E-state index contributed by atoms with van der Waals surface area (Å²) in [6.45, 7) is 3.14. The van der Waals surface area contributed by atoms with Crippen molar-refractivity contribution < 1.29 is 22.7 Å². The molecule has 0 radical (unpaired) electrons. The highest BCUT2D eigenvalue weighted by Crippen LogP contribution is 2.31. The number of benzene rings is 2. The van der Waals surface area contributed by atoms with E-state index in [-0.39, 0.29) is 31.0 Å². The number of ether oxygens (including phenoxy) is 1. The SMILES string of the molecule is CN(C(=O)CN(CC(N)=O)c1ccc(Cl)c(Cl)c1)C(CN1CCOCC1)C1=CCC(c2cccc(NS(C)(=O)=O)c2)C=C1. The summed E-state index contributed by atoms with van der Waals surface area (Å²) in [7, 11) is -1.62. The van der Waals surface area contributed by atoms with Gasteiger partial charge in [0.2, 0.25) is 21.8 Å². The van der Waals surface area contributed by atoms with E-state index in [4.69, 9.17) is 33.7 Å². The molecule has 43 heavy (non-hydrogen) atoms. The number of anilines is 2. The first-order valence-corrected chi connectivity index (χ1v) is 16.5. The number of rotatable bonds is 12. The maximum absolute atomic E-state index is 13.7. The predicted octanol–water partition coefficient (Wildman–Crippen LogP) is 3.49. The molecule has 2 unspecified atom stereocenters. The zero-order valence-corrected chi connectivity index (χ0v) is 26.5. The van der Waals surface area contributed by atoms with Crippen LogP contribution in [0.25, 0.3) is 0 Å². The first-order chi connectivity index (χ1) is 20.4. The molecule has 4 rings (SSSR count). The first-order valence-electron chi connectivity index (χ1n) is 13.9. The minimum absolute atomic E-state index is 0.0517. The summed E-state index contributed by atoms with van der Waals surface area (Å²) in [6, 6.07) is 12.0. The molecule has 10 nitrogen and oxygen atoms in total. The number of amides is 2. The average molecular weight is 651 g/mol. The second kappa shape index (κ2) is 14.6. The lowest BCUT2D eigenvalue weighted by molar-refractivity contribution is -0.130. The highest BCUT2D eigenvalue weighted by atomic mass is 35.5. The van der Waals surface area contributed by atoms with Crippen LogP contribution in [-0.4, -0.2) is 95.3 Å². The Balaban J connectivity index is 1.54. The molecule has 1 heterocycles. The molecule has 0 aromatic heterocycles. The van der Waals surface area contributed by atoms with Crippen LogP contribution in [0, 0.1) is 0 Å². The summed E-state index contributed by atoms with van der Waals surface area (Å²) in [5.74, 6) is -0.719. The van der Waals surface area contributed by atoms with E-state index in [2.05, 4.69) is 21.8 Å². The van der Waals surface area contributed by atoms with Crippen molar-refractivity contribution in [3.63, 3.8) is 0 Å². The summed E-state index contributed by atoms with van der Waals surface area (Å²) in [4.78, 5) is 31.2. The van der Waals surface area contributed by atoms with Crippen LogP contribution >= 0.6 is 23.2 Å². The minimum Gasteiger partial charge on any atom is -0.379 e. The zero-order valence-electron chi connectivity index (χ0n) is 24.2. The van der Waals surface area contributed by atoms with E-state index in [0.29, 0.717) is 47.6 Å². The van der Waals surface area contributed by atoms with Gasteiger partial charge in [0.05, 0.1) is 48.6 Å². The van der Waals surface area contributed by atoms with Gasteiger partial charge in [-0.25, -0.2) is 8.42 Å². The first kappa shape index (κ1) is 32.8. The highest BCUT2D eigenvalue weighted by molar-refractivity contribution is 7.92. The molecule has 0 spiro atoms. The molecule has 2 aromatic rings. The number of carbonyl (C=O) groups is 2. The van der Waals surface area contributed by atoms with Gasteiger partial charge in [-0.1, -0.05) is 53.6 Å². The lowest BCUT2D eigenvalue weighted by Crippen LogP contribution is -2.51. The van der Waals surface area contributed by atoms with Crippen molar-refractivity contribution in [2.45, 2.75) is 18.4 Å². The summed E-state index contributed by atoms with van der Waals surface area (Å²) < 4.78 is 31.5. The van der Waals surface area contributed by atoms with Crippen LogP contribution in [0.15, 0.2) is 66.3 Å². The van der Waals surface area contributed by atoms with Crippen molar-refractivity contribution in [3.8, 4) is 0 Å². The second-order valence-electron chi connectivity index (χ2n) is 10.8. The standard InChI is InChI=1S/C30H37Cl2N5O5S/c1-35(30(39)20-37(19-29(33)38)25-10-11-26(31)27(32)17-25)28(18-36-12-14-42-15-13-36)22-8-6-21(7-9-22)23-4-3-5-24(16-23)34-43(2,40)41/h3-6,8-11,16-17,21,28,34H,7,12-15,18-20H2,1-2H3,(H2,33,38). The van der Waals surface area contributed by atoms with Crippen molar-refractivity contribution in [1.82, 2.24) is 9.80 Å². The van der Waals surface area contributed by atoms with E-state index in [1.54, 1.807) is 41.1 Å². The number of allylic oxidation sites excluding steroid dienone is 2. The largest absolute Gasteiger partial charge is 0.379 e. The number of nitrogens with two attached hydrogens (primary N) is 1. The monoisotopic (exact) mass is 649 g/mol. The maximum atomic E-state index is 13.7. The highest BCUT2D eigenvalue weighted by Gasteiger charge is 2.29. The van der Waals surface area contributed by atoms with Gasteiger partial charge in [-0.2, -0.15) is 0 Å². The van der Waals surface area contributed by atoms with Gasteiger partial charge in [0.1, 0.15) is 0 Å². The predicted molar refractivity (Wildman–Crippen MR) is 171 cm³/mol. The lowest BCUT2D eigenvalue weighted by Gasteiger charge is -2.37. The van der Waals surface area contributed by atoms with Gasteiger partial charge < -0.3 is 20.3 Å². The van der Waals surface area contributed by atoms with Crippen LogP contribution in [0.4, 0.5) is 11.4 Å². The number of likely N-dealkylation sites (N-methyl/N-ethyl adjacent to an activating group) is 1. The molecule has 1 aliphatic heterocycles. The second-order valence-corrected chi connectivity index (χ2v) is 13.3. The van der Waals surface area contributed by atoms with E-state index in [1.165, 1.54) is 0 Å². The molecule has 1 saturated heterocycles. The van der Waals surface area contributed by atoms with E-state index >= 15 is 0 Å². The fraction of sp³-hybridized carbons (Fsp3) is 0.400. The molecular weight excluding hydrogens is 613 g/mol. The molecule has 2 atom stereocenters. The number of carbonyl (C=O) groups excluding carboxylic acids is 2. The molecule has 0 bridgehead atoms. The molecule has 2 aliphatic rings. The van der Waals surface area contributed by atoms with Gasteiger partial charge in [0.25, 0.3) is 0 Å². The third kappa shape index (κ3) is 9.45. The van der Waals surface area contributed by atoms with Crippen LogP contribution in [0.2, 0.25) is 10.0 Å². The third-order valence-electron chi connectivity index (χ3n) is 7.47.